The van der Waals surface area contributed by atoms with E-state index in [1.54, 1.807) is 24.3 Å². The largest absolute Gasteiger partial charge is 0.478 e. The number of aromatic carboxylic acids is 1. The van der Waals surface area contributed by atoms with Crippen molar-refractivity contribution in [2.75, 3.05) is 11.9 Å². The first-order chi connectivity index (χ1) is 14.4. The third-order valence-corrected chi connectivity index (χ3v) is 5.01. The highest BCUT2D eigenvalue weighted by molar-refractivity contribution is 9.10. The van der Waals surface area contributed by atoms with Crippen molar-refractivity contribution in [1.29, 1.82) is 0 Å². The van der Waals surface area contributed by atoms with Crippen LogP contribution in [0.3, 0.4) is 0 Å². The average molecular weight is 474 g/mol. The second kappa shape index (κ2) is 8.19. The Labute approximate surface area is 177 Å². The van der Waals surface area contributed by atoms with Crippen LogP contribution in [0, 0.1) is 11.6 Å². The minimum Gasteiger partial charge on any atom is -0.478 e. The lowest BCUT2D eigenvalue weighted by molar-refractivity contribution is 0.0698. The maximum atomic E-state index is 13.9. The molecule has 0 saturated heterocycles. The van der Waals surface area contributed by atoms with Crippen molar-refractivity contribution in [1.82, 2.24) is 9.97 Å². The molecule has 0 amide bonds. The molecule has 2 aromatic heterocycles. The molecule has 2 aromatic carbocycles. The van der Waals surface area contributed by atoms with Crippen molar-refractivity contribution >= 4 is 38.7 Å². The third kappa shape index (κ3) is 4.02. The van der Waals surface area contributed by atoms with Gasteiger partial charge in [0, 0.05) is 33.6 Å². The van der Waals surface area contributed by atoms with Crippen LogP contribution in [0.2, 0.25) is 0 Å². The Bertz CT molecular complexity index is 1240. The highest BCUT2D eigenvalue weighted by Gasteiger charge is 2.14. The molecule has 2 N–H and O–H groups in total. The highest BCUT2D eigenvalue weighted by atomic mass is 79.9. The van der Waals surface area contributed by atoms with E-state index in [2.05, 4.69) is 31.2 Å². The molecule has 4 aromatic rings. The van der Waals surface area contributed by atoms with Gasteiger partial charge in [-0.3, -0.25) is 0 Å². The van der Waals surface area contributed by atoms with Gasteiger partial charge in [-0.1, -0.05) is 22.0 Å². The lowest BCUT2D eigenvalue weighted by Crippen LogP contribution is -2.09. The molecule has 0 aliphatic carbocycles. The van der Waals surface area contributed by atoms with Crippen molar-refractivity contribution in [3.8, 4) is 11.3 Å². The molecule has 2 heterocycles. The van der Waals surface area contributed by atoms with E-state index < -0.39 is 17.6 Å². The number of carbonyl (C=O) groups is 1. The van der Waals surface area contributed by atoms with Gasteiger partial charge in [0.2, 0.25) is 0 Å². The minimum absolute atomic E-state index is 0.00233. The van der Waals surface area contributed by atoms with E-state index in [-0.39, 0.29) is 24.1 Å². The summed E-state index contributed by atoms with van der Waals surface area (Å²) in [4.78, 5) is 19.6. The van der Waals surface area contributed by atoms with Crippen LogP contribution in [0.1, 0.15) is 15.9 Å². The predicted octanol–water partition coefficient (Wildman–Crippen LogP) is 5.28. The Balaban J connectivity index is 1.50. The molecule has 9 heteroatoms. The van der Waals surface area contributed by atoms with Gasteiger partial charge in [-0.15, -0.1) is 0 Å². The minimum atomic E-state index is -1.06. The monoisotopic (exact) mass is 473 g/mol. The van der Waals surface area contributed by atoms with E-state index in [0.717, 1.165) is 0 Å². The van der Waals surface area contributed by atoms with E-state index in [4.69, 9.17) is 9.52 Å². The number of halogens is 3. The number of fused-ring (bicyclic) bond motifs is 1. The molecule has 0 aliphatic rings. The average Bonchev–Trinajstić information content (AvgIpc) is 3.13. The van der Waals surface area contributed by atoms with Crippen LogP contribution in [0.25, 0.3) is 22.2 Å². The van der Waals surface area contributed by atoms with Crippen LogP contribution in [0.5, 0.6) is 0 Å². The van der Waals surface area contributed by atoms with Gasteiger partial charge in [0.25, 0.3) is 0 Å². The van der Waals surface area contributed by atoms with Gasteiger partial charge in [-0.05, 0) is 30.7 Å². The second-order valence-electron chi connectivity index (χ2n) is 6.48. The van der Waals surface area contributed by atoms with Crippen LogP contribution in [0.4, 0.5) is 14.6 Å². The Hall–Kier alpha value is -3.33. The summed E-state index contributed by atoms with van der Waals surface area (Å²) in [6.45, 7) is 0.269. The van der Waals surface area contributed by atoms with Crippen LogP contribution in [-0.2, 0) is 6.42 Å². The fraction of sp³-hybridized carbons (Fsp3) is 0.0952. The van der Waals surface area contributed by atoms with Crippen LogP contribution in [-0.4, -0.2) is 27.6 Å². The highest BCUT2D eigenvalue weighted by Crippen LogP contribution is 2.27. The molecule has 0 atom stereocenters. The lowest BCUT2D eigenvalue weighted by Gasteiger charge is -2.09. The van der Waals surface area contributed by atoms with Gasteiger partial charge in [-0.25, -0.2) is 23.5 Å². The number of hydrogen-bond acceptors (Lipinski definition) is 5. The Kier molecular flexibility index (Phi) is 5.45. The quantitative estimate of drug-likeness (QED) is 0.395. The third-order valence-electron chi connectivity index (χ3n) is 4.56. The number of furan rings is 1. The first kappa shape index (κ1) is 20.0. The molecule has 0 bridgehead atoms. The number of aromatic nitrogens is 2. The zero-order valence-electron chi connectivity index (χ0n) is 15.3. The van der Waals surface area contributed by atoms with Crippen molar-refractivity contribution in [2.45, 2.75) is 6.42 Å². The number of nitrogens with zero attached hydrogens (tertiary/aromatic N) is 2. The number of hydrogen-bond donors (Lipinski definition) is 2. The van der Waals surface area contributed by atoms with Crippen molar-refractivity contribution in [2.24, 2.45) is 0 Å². The summed E-state index contributed by atoms with van der Waals surface area (Å²) in [5, 5.41) is 12.7. The number of carboxylic acids is 1. The molecular formula is C21H14BrF2N3O3. The zero-order chi connectivity index (χ0) is 21.3. The number of carboxylic acid groups (broad SMARTS) is 1. The maximum Gasteiger partial charge on any atom is 0.339 e. The first-order valence-electron chi connectivity index (χ1n) is 8.86. The summed E-state index contributed by atoms with van der Waals surface area (Å²) in [7, 11) is 0. The molecule has 30 heavy (non-hydrogen) atoms. The van der Waals surface area contributed by atoms with Gasteiger partial charge in [0.1, 0.15) is 41.2 Å². The van der Waals surface area contributed by atoms with Crippen LogP contribution in [0.15, 0.2) is 57.9 Å². The Morgan fingerprint density at radius 3 is 2.63 bits per heavy atom. The smallest absolute Gasteiger partial charge is 0.339 e. The second-order valence-corrected chi connectivity index (χ2v) is 7.39. The lowest BCUT2D eigenvalue weighted by atomic mass is 10.1. The van der Waals surface area contributed by atoms with E-state index in [1.807, 2.05) is 0 Å². The topological polar surface area (TPSA) is 88.2 Å². The fourth-order valence-electron chi connectivity index (χ4n) is 3.09. The molecule has 0 unspecified atom stereocenters. The van der Waals surface area contributed by atoms with Gasteiger partial charge in [-0.2, -0.15) is 0 Å². The Morgan fingerprint density at radius 2 is 1.90 bits per heavy atom. The number of anilines is 1. The molecule has 0 fully saturated rings. The van der Waals surface area contributed by atoms with E-state index in [0.29, 0.717) is 32.5 Å². The molecular weight excluding hydrogens is 460 g/mol. The van der Waals surface area contributed by atoms with Crippen LogP contribution >= 0.6 is 15.9 Å². The molecule has 6 nitrogen and oxygen atoms in total. The molecule has 0 radical (unpaired) electrons. The predicted molar refractivity (Wildman–Crippen MR) is 110 cm³/mol. The number of nitrogens with one attached hydrogen (secondary N) is 1. The van der Waals surface area contributed by atoms with Crippen LogP contribution < -0.4 is 5.32 Å². The summed E-state index contributed by atoms with van der Waals surface area (Å²) < 4.78 is 33.5. The molecule has 4 rings (SSSR count). The Morgan fingerprint density at radius 1 is 1.13 bits per heavy atom. The van der Waals surface area contributed by atoms with Crippen molar-refractivity contribution < 1.29 is 23.1 Å². The van der Waals surface area contributed by atoms with Gasteiger partial charge in [0.15, 0.2) is 0 Å². The van der Waals surface area contributed by atoms with Gasteiger partial charge < -0.3 is 14.8 Å². The summed E-state index contributed by atoms with van der Waals surface area (Å²) >= 11 is 3.06. The summed E-state index contributed by atoms with van der Waals surface area (Å²) in [5.74, 6) is -1.79. The molecule has 0 saturated carbocycles. The standard InChI is InChI=1S/C21H14BrF2N3O3/c22-12-6-16(23)14(17(24)7-12)3-4-25-20-8-18(26-10-27-20)11-1-2-13-15(21(28)29)9-30-19(13)5-11/h1-2,5-10H,3-4H2,(H,28,29)(H,25,26,27). The first-order valence-corrected chi connectivity index (χ1v) is 9.66. The summed E-state index contributed by atoms with van der Waals surface area (Å²) in [6.07, 6.45) is 2.71. The van der Waals surface area contributed by atoms with Gasteiger partial charge in [0.05, 0.1) is 5.69 Å². The fourth-order valence-corrected chi connectivity index (χ4v) is 3.49. The molecule has 0 spiro atoms. The molecule has 0 aliphatic heterocycles. The zero-order valence-corrected chi connectivity index (χ0v) is 16.9. The van der Waals surface area contributed by atoms with Crippen molar-refractivity contribution in [3.05, 3.63) is 76.2 Å². The maximum absolute atomic E-state index is 13.9. The number of benzene rings is 2. The van der Waals surface area contributed by atoms with E-state index in [9.17, 15) is 13.6 Å². The van der Waals surface area contributed by atoms with Crippen molar-refractivity contribution in [3.63, 3.8) is 0 Å². The van der Waals surface area contributed by atoms with E-state index in [1.165, 1.54) is 24.7 Å². The number of rotatable bonds is 6. The molecule has 152 valence electrons. The van der Waals surface area contributed by atoms with E-state index >= 15 is 0 Å². The summed E-state index contributed by atoms with van der Waals surface area (Å²) in [5.41, 5.74) is 1.82. The normalized spacial score (nSPS) is 11.0. The summed E-state index contributed by atoms with van der Waals surface area (Å²) in [6, 6.07) is 9.23. The van der Waals surface area contributed by atoms with Gasteiger partial charge >= 0.3 is 5.97 Å². The SMILES string of the molecule is O=C(O)c1coc2cc(-c3cc(NCCc4c(F)cc(Br)cc4F)ncn3)ccc12.